The van der Waals surface area contributed by atoms with E-state index in [0.29, 0.717) is 6.54 Å². The molecule has 2 nitrogen and oxygen atoms in total. The van der Waals surface area contributed by atoms with Crippen molar-refractivity contribution in [3.63, 3.8) is 0 Å². The first-order chi connectivity index (χ1) is 9.29. The molecule has 3 N–H and O–H groups in total. The van der Waals surface area contributed by atoms with E-state index in [1.165, 1.54) is 0 Å². The van der Waals surface area contributed by atoms with Crippen molar-refractivity contribution >= 4 is 10.8 Å². The van der Waals surface area contributed by atoms with Crippen molar-refractivity contribution < 1.29 is 5.11 Å². The lowest BCUT2D eigenvalue weighted by Gasteiger charge is -2.12. The highest BCUT2D eigenvalue weighted by molar-refractivity contribution is 5.99. The fraction of sp³-hybridized carbons (Fsp3) is 0.0588. The number of nitrogens with two attached hydrogens (primary N) is 1. The summed E-state index contributed by atoms with van der Waals surface area (Å²) in [5, 5.41) is 11.9. The van der Waals surface area contributed by atoms with Gasteiger partial charge in [0.1, 0.15) is 5.75 Å². The maximum Gasteiger partial charge on any atom is 0.116 e. The van der Waals surface area contributed by atoms with Crippen LogP contribution in [0.25, 0.3) is 21.9 Å². The lowest BCUT2D eigenvalue weighted by atomic mass is 9.93. The zero-order valence-electron chi connectivity index (χ0n) is 10.5. The molecule has 0 saturated heterocycles. The fourth-order valence-corrected chi connectivity index (χ4v) is 2.47. The first kappa shape index (κ1) is 11.8. The first-order valence-electron chi connectivity index (χ1n) is 6.29. The second-order valence-electron chi connectivity index (χ2n) is 4.58. The molecule has 0 unspecified atom stereocenters. The summed E-state index contributed by atoms with van der Waals surface area (Å²) in [5.41, 5.74) is 9.17. The van der Waals surface area contributed by atoms with Crippen LogP contribution < -0.4 is 5.73 Å². The molecule has 0 bridgehead atoms. The van der Waals surface area contributed by atoms with Gasteiger partial charge in [-0.25, -0.2) is 0 Å². The largest absolute Gasteiger partial charge is 0.508 e. The minimum atomic E-state index is 0.277. The SMILES string of the molecule is NCc1ccc2ccc(O)cc2c1-c1ccccc1. The van der Waals surface area contributed by atoms with E-state index < -0.39 is 0 Å². The third kappa shape index (κ3) is 2.07. The number of phenols is 1. The molecule has 0 saturated carbocycles. The van der Waals surface area contributed by atoms with Crippen LogP contribution in [0.5, 0.6) is 5.75 Å². The average molecular weight is 249 g/mol. The summed E-state index contributed by atoms with van der Waals surface area (Å²) in [7, 11) is 0. The summed E-state index contributed by atoms with van der Waals surface area (Å²) < 4.78 is 0. The smallest absolute Gasteiger partial charge is 0.116 e. The van der Waals surface area contributed by atoms with E-state index in [4.69, 9.17) is 5.73 Å². The van der Waals surface area contributed by atoms with Crippen molar-refractivity contribution in [1.82, 2.24) is 0 Å². The Hall–Kier alpha value is -2.32. The van der Waals surface area contributed by atoms with E-state index in [9.17, 15) is 5.11 Å². The Morgan fingerprint density at radius 3 is 2.37 bits per heavy atom. The third-order valence-corrected chi connectivity index (χ3v) is 3.37. The topological polar surface area (TPSA) is 46.2 Å². The molecular formula is C17H15NO. The van der Waals surface area contributed by atoms with Crippen molar-refractivity contribution in [2.24, 2.45) is 5.73 Å². The summed E-state index contributed by atoms with van der Waals surface area (Å²) in [6.45, 7) is 0.482. The zero-order valence-corrected chi connectivity index (χ0v) is 10.5. The lowest BCUT2D eigenvalue weighted by molar-refractivity contribution is 0.476. The van der Waals surface area contributed by atoms with Crippen LogP contribution in [0.15, 0.2) is 60.7 Å². The summed E-state index contributed by atoms with van der Waals surface area (Å²) in [6, 6.07) is 19.7. The number of phenolic OH excluding ortho intramolecular Hbond substituents is 1. The van der Waals surface area contributed by atoms with Gasteiger partial charge in [0.2, 0.25) is 0 Å². The molecule has 0 aliphatic heterocycles. The number of hydrogen-bond acceptors (Lipinski definition) is 2. The molecule has 3 aromatic rings. The predicted molar refractivity (Wildman–Crippen MR) is 78.9 cm³/mol. The minimum Gasteiger partial charge on any atom is -0.508 e. The number of benzene rings is 3. The van der Waals surface area contributed by atoms with Crippen molar-refractivity contribution in [2.75, 3.05) is 0 Å². The Labute approximate surface area is 112 Å². The molecule has 3 aromatic carbocycles. The summed E-state index contributed by atoms with van der Waals surface area (Å²) in [6.07, 6.45) is 0. The quantitative estimate of drug-likeness (QED) is 0.728. The molecule has 0 spiro atoms. The van der Waals surface area contributed by atoms with Crippen LogP contribution in [-0.4, -0.2) is 5.11 Å². The molecule has 0 atom stereocenters. The van der Waals surface area contributed by atoms with E-state index in [1.54, 1.807) is 12.1 Å². The highest BCUT2D eigenvalue weighted by atomic mass is 16.3. The molecule has 3 rings (SSSR count). The summed E-state index contributed by atoms with van der Waals surface area (Å²) in [5.74, 6) is 0.277. The van der Waals surface area contributed by atoms with E-state index in [0.717, 1.165) is 27.5 Å². The van der Waals surface area contributed by atoms with Gasteiger partial charge in [-0.2, -0.15) is 0 Å². The van der Waals surface area contributed by atoms with Crippen molar-refractivity contribution in [1.29, 1.82) is 0 Å². The standard InChI is InChI=1S/C17H15NO/c18-11-14-7-6-12-8-9-15(19)10-16(12)17(14)13-4-2-1-3-5-13/h1-10,19H,11,18H2. The van der Waals surface area contributed by atoms with Gasteiger partial charge in [0.05, 0.1) is 0 Å². The molecule has 0 amide bonds. The van der Waals surface area contributed by atoms with E-state index >= 15 is 0 Å². The molecule has 94 valence electrons. The maximum absolute atomic E-state index is 9.73. The molecule has 0 aliphatic carbocycles. The number of hydrogen-bond donors (Lipinski definition) is 2. The molecule has 2 heteroatoms. The first-order valence-corrected chi connectivity index (χ1v) is 6.29. The van der Waals surface area contributed by atoms with Crippen molar-refractivity contribution in [3.05, 3.63) is 66.2 Å². The van der Waals surface area contributed by atoms with E-state index in [1.807, 2.05) is 30.3 Å². The molecule has 19 heavy (non-hydrogen) atoms. The number of fused-ring (bicyclic) bond motifs is 1. The zero-order chi connectivity index (χ0) is 13.2. The van der Waals surface area contributed by atoms with Gasteiger partial charge in [0.15, 0.2) is 0 Å². The number of aromatic hydroxyl groups is 1. The Balaban J connectivity index is 2.39. The monoisotopic (exact) mass is 249 g/mol. The highest BCUT2D eigenvalue weighted by Crippen LogP contribution is 2.33. The van der Waals surface area contributed by atoms with Crippen molar-refractivity contribution in [3.8, 4) is 16.9 Å². The molecule has 0 heterocycles. The van der Waals surface area contributed by atoms with Gasteiger partial charge >= 0.3 is 0 Å². The van der Waals surface area contributed by atoms with Crippen LogP contribution in [0.1, 0.15) is 5.56 Å². The second kappa shape index (κ2) is 4.75. The second-order valence-corrected chi connectivity index (χ2v) is 4.58. The van der Waals surface area contributed by atoms with Gasteiger partial charge in [-0.1, -0.05) is 48.5 Å². The molecule has 0 radical (unpaired) electrons. The van der Waals surface area contributed by atoms with Crippen molar-refractivity contribution in [2.45, 2.75) is 6.54 Å². The Morgan fingerprint density at radius 1 is 0.895 bits per heavy atom. The lowest BCUT2D eigenvalue weighted by Crippen LogP contribution is -1.99. The predicted octanol–water partition coefficient (Wildman–Crippen LogP) is 3.67. The Bertz CT molecular complexity index is 720. The Kier molecular flexibility index (Phi) is 2.94. The molecule has 0 aromatic heterocycles. The van der Waals surface area contributed by atoms with E-state index in [-0.39, 0.29) is 5.75 Å². The van der Waals surface area contributed by atoms with Gasteiger partial charge in [0, 0.05) is 6.54 Å². The summed E-state index contributed by atoms with van der Waals surface area (Å²) in [4.78, 5) is 0. The average Bonchev–Trinajstić information content (AvgIpc) is 2.46. The van der Waals surface area contributed by atoms with Crippen LogP contribution in [0.2, 0.25) is 0 Å². The third-order valence-electron chi connectivity index (χ3n) is 3.37. The maximum atomic E-state index is 9.73. The van der Waals surface area contributed by atoms with Crippen LogP contribution in [0.4, 0.5) is 0 Å². The van der Waals surface area contributed by atoms with Crippen LogP contribution >= 0.6 is 0 Å². The molecule has 0 aliphatic rings. The van der Waals surface area contributed by atoms with Gasteiger partial charge in [-0.3, -0.25) is 0 Å². The van der Waals surface area contributed by atoms with Gasteiger partial charge < -0.3 is 10.8 Å². The van der Waals surface area contributed by atoms with Crippen LogP contribution in [0, 0.1) is 0 Å². The van der Waals surface area contributed by atoms with Gasteiger partial charge in [-0.15, -0.1) is 0 Å². The fourth-order valence-electron chi connectivity index (χ4n) is 2.47. The van der Waals surface area contributed by atoms with E-state index in [2.05, 4.69) is 18.2 Å². The molecule has 0 fully saturated rings. The number of rotatable bonds is 2. The normalized spacial score (nSPS) is 10.8. The Morgan fingerprint density at radius 2 is 1.63 bits per heavy atom. The van der Waals surface area contributed by atoms with Gasteiger partial charge in [0.25, 0.3) is 0 Å². The summed E-state index contributed by atoms with van der Waals surface area (Å²) >= 11 is 0. The highest BCUT2D eigenvalue weighted by Gasteiger charge is 2.09. The molecular weight excluding hydrogens is 234 g/mol. The van der Waals surface area contributed by atoms with Crippen LogP contribution in [-0.2, 0) is 6.54 Å². The van der Waals surface area contributed by atoms with Crippen LogP contribution in [0.3, 0.4) is 0 Å². The minimum absolute atomic E-state index is 0.277. The van der Waals surface area contributed by atoms with Gasteiger partial charge in [-0.05, 0) is 39.6 Å².